The van der Waals surface area contributed by atoms with Gasteiger partial charge >= 0.3 is 0 Å². The van der Waals surface area contributed by atoms with Gasteiger partial charge in [0.2, 0.25) is 0 Å². The minimum atomic E-state index is 0.741. The Labute approximate surface area is 108 Å². The molecule has 0 saturated carbocycles. The Bertz CT molecular complexity index is 185. The molecule has 1 aliphatic rings. The number of hydrogen-bond donors (Lipinski definition) is 1. The Morgan fingerprint density at radius 1 is 1.18 bits per heavy atom. The highest BCUT2D eigenvalue weighted by atomic mass is 15.2. The molecule has 1 aliphatic heterocycles. The summed E-state index contributed by atoms with van der Waals surface area (Å²) in [6.07, 6.45) is 6.85. The van der Waals surface area contributed by atoms with Crippen molar-refractivity contribution in [3.05, 3.63) is 0 Å². The van der Waals surface area contributed by atoms with Crippen molar-refractivity contribution in [2.45, 2.75) is 71.9 Å². The van der Waals surface area contributed by atoms with Crippen molar-refractivity contribution in [1.82, 2.24) is 10.2 Å². The average Bonchev–Trinajstić information content (AvgIpc) is 2.34. The van der Waals surface area contributed by atoms with Crippen LogP contribution < -0.4 is 5.32 Å². The van der Waals surface area contributed by atoms with Crippen LogP contribution in [-0.2, 0) is 0 Å². The minimum Gasteiger partial charge on any atom is -0.313 e. The van der Waals surface area contributed by atoms with E-state index in [1.54, 1.807) is 0 Å². The van der Waals surface area contributed by atoms with Crippen molar-refractivity contribution in [2.24, 2.45) is 5.92 Å². The topological polar surface area (TPSA) is 15.3 Å². The predicted octanol–water partition coefficient (Wildman–Crippen LogP) is 3.28. The van der Waals surface area contributed by atoms with Crippen LogP contribution in [0.4, 0.5) is 0 Å². The monoisotopic (exact) mass is 240 g/mol. The maximum Gasteiger partial charge on any atom is 0.0195 e. The molecule has 0 aromatic rings. The van der Waals surface area contributed by atoms with E-state index in [9.17, 15) is 0 Å². The molecule has 2 nitrogen and oxygen atoms in total. The molecule has 2 unspecified atom stereocenters. The maximum atomic E-state index is 3.66. The van der Waals surface area contributed by atoms with Crippen molar-refractivity contribution in [3.63, 3.8) is 0 Å². The number of piperidine rings is 1. The van der Waals surface area contributed by atoms with Gasteiger partial charge in [0.25, 0.3) is 0 Å². The van der Waals surface area contributed by atoms with Crippen molar-refractivity contribution in [3.8, 4) is 0 Å². The Balaban J connectivity index is 2.29. The van der Waals surface area contributed by atoms with E-state index in [0.29, 0.717) is 0 Å². The molecule has 0 aromatic heterocycles. The van der Waals surface area contributed by atoms with Crippen LogP contribution in [-0.4, -0.2) is 36.6 Å². The molecule has 0 radical (unpaired) electrons. The van der Waals surface area contributed by atoms with Crippen molar-refractivity contribution >= 4 is 0 Å². The van der Waals surface area contributed by atoms with Crippen molar-refractivity contribution < 1.29 is 0 Å². The first-order chi connectivity index (χ1) is 8.13. The lowest BCUT2D eigenvalue weighted by Crippen LogP contribution is -2.46. The summed E-state index contributed by atoms with van der Waals surface area (Å²) < 4.78 is 0. The lowest BCUT2D eigenvalue weighted by molar-refractivity contribution is 0.171. The number of likely N-dealkylation sites (N-methyl/N-ethyl adjacent to an activating group) is 1. The molecule has 0 spiro atoms. The third-order valence-corrected chi connectivity index (χ3v) is 4.06. The van der Waals surface area contributed by atoms with Crippen LogP contribution in [0.25, 0.3) is 0 Å². The first-order valence-corrected chi connectivity index (χ1v) is 7.61. The van der Waals surface area contributed by atoms with Gasteiger partial charge in [-0.2, -0.15) is 0 Å². The van der Waals surface area contributed by atoms with Crippen LogP contribution in [0.3, 0.4) is 0 Å². The van der Waals surface area contributed by atoms with Gasteiger partial charge in [-0.15, -0.1) is 0 Å². The fraction of sp³-hybridized carbons (Fsp3) is 1.00. The SMILES string of the molecule is CCN(CC1CCCCN1)C(C)CCC(C)C. The third kappa shape index (κ3) is 5.87. The molecule has 0 bridgehead atoms. The molecule has 1 heterocycles. The van der Waals surface area contributed by atoms with Gasteiger partial charge in [-0.05, 0) is 51.6 Å². The minimum absolute atomic E-state index is 0.741. The molecule has 2 heteroatoms. The van der Waals surface area contributed by atoms with Crippen LogP contribution >= 0.6 is 0 Å². The number of nitrogens with zero attached hydrogens (tertiary/aromatic N) is 1. The van der Waals surface area contributed by atoms with Gasteiger partial charge < -0.3 is 5.32 Å². The molecule has 1 rings (SSSR count). The number of rotatable bonds is 7. The molecule has 0 amide bonds. The smallest absolute Gasteiger partial charge is 0.0195 e. The van der Waals surface area contributed by atoms with Gasteiger partial charge in [0, 0.05) is 18.6 Å². The van der Waals surface area contributed by atoms with E-state index in [2.05, 4.69) is 37.9 Å². The summed E-state index contributed by atoms with van der Waals surface area (Å²) in [5.41, 5.74) is 0. The van der Waals surface area contributed by atoms with E-state index >= 15 is 0 Å². The van der Waals surface area contributed by atoms with Gasteiger partial charge in [0.1, 0.15) is 0 Å². The zero-order valence-electron chi connectivity index (χ0n) is 12.3. The molecule has 102 valence electrons. The molecule has 1 fully saturated rings. The van der Waals surface area contributed by atoms with Gasteiger partial charge in [0.05, 0.1) is 0 Å². The summed E-state index contributed by atoms with van der Waals surface area (Å²) in [5.74, 6) is 0.837. The first kappa shape index (κ1) is 15.0. The van der Waals surface area contributed by atoms with Crippen molar-refractivity contribution in [1.29, 1.82) is 0 Å². The Hall–Kier alpha value is -0.0800. The lowest BCUT2D eigenvalue weighted by Gasteiger charge is -2.34. The summed E-state index contributed by atoms with van der Waals surface area (Å²) in [6.45, 7) is 13.0. The highest BCUT2D eigenvalue weighted by Gasteiger charge is 2.19. The number of nitrogens with one attached hydrogen (secondary N) is 1. The fourth-order valence-electron chi connectivity index (χ4n) is 2.74. The Morgan fingerprint density at radius 2 is 1.94 bits per heavy atom. The second-order valence-electron chi connectivity index (χ2n) is 6.05. The quantitative estimate of drug-likeness (QED) is 0.735. The summed E-state index contributed by atoms with van der Waals surface area (Å²) in [7, 11) is 0. The van der Waals surface area contributed by atoms with Crippen LogP contribution in [0.5, 0.6) is 0 Å². The lowest BCUT2D eigenvalue weighted by atomic mass is 10.0. The van der Waals surface area contributed by atoms with Crippen LogP contribution in [0, 0.1) is 5.92 Å². The van der Waals surface area contributed by atoms with Crippen LogP contribution in [0.15, 0.2) is 0 Å². The van der Waals surface area contributed by atoms with Crippen LogP contribution in [0.2, 0.25) is 0 Å². The van der Waals surface area contributed by atoms with Gasteiger partial charge in [-0.3, -0.25) is 4.90 Å². The second kappa shape index (κ2) is 8.10. The summed E-state index contributed by atoms with van der Waals surface area (Å²) >= 11 is 0. The zero-order chi connectivity index (χ0) is 12.7. The van der Waals surface area contributed by atoms with E-state index in [1.807, 2.05) is 0 Å². The molecular formula is C15H32N2. The molecule has 0 aliphatic carbocycles. The van der Waals surface area contributed by atoms with Crippen molar-refractivity contribution in [2.75, 3.05) is 19.6 Å². The molecule has 0 aromatic carbocycles. The average molecular weight is 240 g/mol. The van der Waals surface area contributed by atoms with Gasteiger partial charge in [-0.1, -0.05) is 27.2 Å². The highest BCUT2D eigenvalue weighted by Crippen LogP contribution is 2.14. The van der Waals surface area contributed by atoms with E-state index in [0.717, 1.165) is 18.0 Å². The van der Waals surface area contributed by atoms with E-state index in [1.165, 1.54) is 51.7 Å². The summed E-state index contributed by atoms with van der Waals surface area (Å²) in [4.78, 5) is 2.66. The highest BCUT2D eigenvalue weighted by molar-refractivity contribution is 4.78. The molecular weight excluding hydrogens is 208 g/mol. The second-order valence-corrected chi connectivity index (χ2v) is 6.05. The first-order valence-electron chi connectivity index (χ1n) is 7.61. The zero-order valence-corrected chi connectivity index (χ0v) is 12.3. The Kier molecular flexibility index (Phi) is 7.14. The summed E-state index contributed by atoms with van der Waals surface area (Å²) in [6, 6.07) is 1.48. The number of hydrogen-bond acceptors (Lipinski definition) is 2. The standard InChI is InChI=1S/C15H32N2/c1-5-17(14(4)10-9-13(2)3)12-15-8-6-7-11-16-15/h13-16H,5-12H2,1-4H3. The third-order valence-electron chi connectivity index (χ3n) is 4.06. The van der Waals surface area contributed by atoms with Gasteiger partial charge in [0.15, 0.2) is 0 Å². The molecule has 17 heavy (non-hydrogen) atoms. The predicted molar refractivity (Wildman–Crippen MR) is 76.4 cm³/mol. The van der Waals surface area contributed by atoms with Crippen LogP contribution in [0.1, 0.15) is 59.8 Å². The normalized spacial score (nSPS) is 23.3. The van der Waals surface area contributed by atoms with E-state index in [4.69, 9.17) is 0 Å². The maximum absolute atomic E-state index is 3.66. The molecule has 1 N–H and O–H groups in total. The van der Waals surface area contributed by atoms with E-state index in [-0.39, 0.29) is 0 Å². The molecule has 1 saturated heterocycles. The Morgan fingerprint density at radius 3 is 2.47 bits per heavy atom. The molecule has 2 atom stereocenters. The van der Waals surface area contributed by atoms with E-state index < -0.39 is 0 Å². The summed E-state index contributed by atoms with van der Waals surface area (Å²) in [5, 5.41) is 3.66. The largest absolute Gasteiger partial charge is 0.313 e. The fourth-order valence-corrected chi connectivity index (χ4v) is 2.74. The van der Waals surface area contributed by atoms with Gasteiger partial charge in [-0.25, -0.2) is 0 Å².